The maximum atomic E-state index is 12.0. The number of aromatic hydroxyl groups is 1. The Bertz CT molecular complexity index is 612. The van der Waals surface area contributed by atoms with Gasteiger partial charge in [0.1, 0.15) is 5.75 Å². The quantitative estimate of drug-likeness (QED) is 0.711. The average molecular weight is 382 g/mol. The fourth-order valence-electron chi connectivity index (χ4n) is 1.76. The molecule has 0 aliphatic heterocycles. The fraction of sp³-hybridized carbons (Fsp3) is 0.133. The van der Waals surface area contributed by atoms with Crippen molar-refractivity contribution in [1.82, 2.24) is 5.32 Å². The molecular weight excluding hydrogens is 367 g/mol. The number of rotatable bonds is 4. The molecule has 0 aromatic heterocycles. The smallest absolute Gasteiger partial charge is 0.255 e. The standard InChI is InChI=1S/C15H15IN2O2/c16-12-5-6-14(19)13(7-12)15(20)18-9-11-3-1-10(8-17)2-4-11/h1-7,19H,8-9,17H2,(H,18,20). The molecule has 0 bridgehead atoms. The largest absolute Gasteiger partial charge is 0.507 e. The third-order valence-electron chi connectivity index (χ3n) is 2.91. The Balaban J connectivity index is 2.02. The second-order valence-corrected chi connectivity index (χ2v) is 5.61. The predicted molar refractivity (Wildman–Crippen MR) is 86.3 cm³/mol. The van der Waals surface area contributed by atoms with Gasteiger partial charge < -0.3 is 16.2 Å². The summed E-state index contributed by atoms with van der Waals surface area (Å²) in [5.74, 6) is -0.301. The van der Waals surface area contributed by atoms with Crippen molar-refractivity contribution in [3.63, 3.8) is 0 Å². The predicted octanol–water partition coefficient (Wildman–Crippen LogP) is 2.39. The van der Waals surface area contributed by atoms with E-state index < -0.39 is 0 Å². The molecule has 5 heteroatoms. The summed E-state index contributed by atoms with van der Waals surface area (Å²) in [5, 5.41) is 12.5. The van der Waals surface area contributed by atoms with E-state index in [4.69, 9.17) is 5.73 Å². The molecule has 0 aliphatic carbocycles. The number of carbonyl (C=O) groups is 1. The Hall–Kier alpha value is -1.60. The van der Waals surface area contributed by atoms with Crippen LogP contribution in [0.5, 0.6) is 5.75 Å². The molecule has 0 heterocycles. The number of nitrogens with one attached hydrogen (secondary N) is 1. The van der Waals surface area contributed by atoms with Crippen molar-refractivity contribution >= 4 is 28.5 Å². The molecule has 4 nitrogen and oxygen atoms in total. The SMILES string of the molecule is NCc1ccc(CNC(=O)c2cc(I)ccc2O)cc1. The van der Waals surface area contributed by atoms with E-state index in [0.717, 1.165) is 14.7 Å². The summed E-state index contributed by atoms with van der Waals surface area (Å²) in [4.78, 5) is 12.0. The monoisotopic (exact) mass is 382 g/mol. The lowest BCUT2D eigenvalue weighted by atomic mass is 10.1. The Morgan fingerprint density at radius 1 is 1.15 bits per heavy atom. The second-order valence-electron chi connectivity index (χ2n) is 4.36. The lowest BCUT2D eigenvalue weighted by Gasteiger charge is -2.08. The Morgan fingerprint density at radius 3 is 2.45 bits per heavy atom. The molecule has 0 saturated carbocycles. The van der Waals surface area contributed by atoms with Crippen LogP contribution in [-0.2, 0) is 13.1 Å². The highest BCUT2D eigenvalue weighted by molar-refractivity contribution is 14.1. The van der Waals surface area contributed by atoms with Gasteiger partial charge in [0.05, 0.1) is 5.56 Å². The third kappa shape index (κ3) is 3.71. The van der Waals surface area contributed by atoms with Crippen LogP contribution in [0.15, 0.2) is 42.5 Å². The molecule has 0 fully saturated rings. The topological polar surface area (TPSA) is 75.3 Å². The first-order valence-electron chi connectivity index (χ1n) is 6.15. The highest BCUT2D eigenvalue weighted by Gasteiger charge is 2.11. The molecule has 0 aliphatic rings. The van der Waals surface area contributed by atoms with Gasteiger partial charge in [-0.05, 0) is 51.9 Å². The summed E-state index contributed by atoms with van der Waals surface area (Å²) in [5.41, 5.74) is 7.86. The highest BCUT2D eigenvalue weighted by atomic mass is 127. The number of phenols is 1. The number of carbonyl (C=O) groups excluding carboxylic acids is 1. The van der Waals surface area contributed by atoms with Gasteiger partial charge in [0, 0.05) is 16.7 Å². The van der Waals surface area contributed by atoms with Crippen LogP contribution in [0.2, 0.25) is 0 Å². The lowest BCUT2D eigenvalue weighted by Crippen LogP contribution is -2.23. The summed E-state index contributed by atoms with van der Waals surface area (Å²) < 4.78 is 0.901. The molecule has 104 valence electrons. The van der Waals surface area contributed by atoms with Crippen LogP contribution in [0.25, 0.3) is 0 Å². The Kier molecular flexibility index (Phi) is 4.97. The number of benzene rings is 2. The second kappa shape index (κ2) is 6.71. The van der Waals surface area contributed by atoms with Gasteiger partial charge in [-0.1, -0.05) is 24.3 Å². The Labute approximate surface area is 131 Å². The average Bonchev–Trinajstić information content (AvgIpc) is 2.47. The van der Waals surface area contributed by atoms with Gasteiger partial charge in [0.25, 0.3) is 5.91 Å². The summed E-state index contributed by atoms with van der Waals surface area (Å²) in [6, 6.07) is 12.6. The first-order chi connectivity index (χ1) is 9.60. The van der Waals surface area contributed by atoms with Gasteiger partial charge in [0.2, 0.25) is 0 Å². The highest BCUT2D eigenvalue weighted by Crippen LogP contribution is 2.19. The summed E-state index contributed by atoms with van der Waals surface area (Å²) >= 11 is 2.10. The van der Waals surface area contributed by atoms with Crippen LogP contribution in [-0.4, -0.2) is 11.0 Å². The molecule has 1 amide bonds. The van der Waals surface area contributed by atoms with Crippen molar-refractivity contribution in [3.8, 4) is 5.75 Å². The first kappa shape index (κ1) is 14.8. The van der Waals surface area contributed by atoms with E-state index in [1.807, 2.05) is 24.3 Å². The molecule has 4 N–H and O–H groups in total. The number of hydrogen-bond acceptors (Lipinski definition) is 3. The fourth-order valence-corrected chi connectivity index (χ4v) is 2.25. The normalized spacial score (nSPS) is 10.3. The van der Waals surface area contributed by atoms with Crippen LogP contribution in [0, 0.1) is 3.57 Å². The number of phenolic OH excluding ortho intramolecular Hbond substituents is 1. The molecular formula is C15H15IN2O2. The van der Waals surface area contributed by atoms with Crippen molar-refractivity contribution in [1.29, 1.82) is 0 Å². The molecule has 0 saturated heterocycles. The van der Waals surface area contributed by atoms with Crippen molar-refractivity contribution in [3.05, 3.63) is 62.7 Å². The summed E-state index contributed by atoms with van der Waals surface area (Å²) in [6.45, 7) is 0.914. The molecule has 2 rings (SSSR count). The van der Waals surface area contributed by atoms with Gasteiger partial charge in [-0.3, -0.25) is 4.79 Å². The minimum atomic E-state index is -0.288. The van der Waals surface area contributed by atoms with Crippen LogP contribution in [0.3, 0.4) is 0 Å². The van der Waals surface area contributed by atoms with Crippen LogP contribution in [0.1, 0.15) is 21.5 Å². The van der Waals surface area contributed by atoms with Crippen molar-refractivity contribution in [2.75, 3.05) is 0 Å². The van der Waals surface area contributed by atoms with Gasteiger partial charge in [-0.25, -0.2) is 0 Å². The van der Waals surface area contributed by atoms with Gasteiger partial charge in [-0.2, -0.15) is 0 Å². The summed E-state index contributed by atoms with van der Waals surface area (Å²) in [7, 11) is 0. The number of hydrogen-bond donors (Lipinski definition) is 3. The van der Waals surface area contributed by atoms with Crippen molar-refractivity contribution in [2.24, 2.45) is 5.73 Å². The van der Waals surface area contributed by atoms with E-state index in [1.165, 1.54) is 6.07 Å². The number of nitrogens with two attached hydrogens (primary N) is 1. The molecule has 0 radical (unpaired) electrons. The molecule has 20 heavy (non-hydrogen) atoms. The number of amides is 1. The molecule has 2 aromatic carbocycles. The number of halogens is 1. The van der Waals surface area contributed by atoms with Gasteiger partial charge in [0.15, 0.2) is 0 Å². The van der Waals surface area contributed by atoms with Crippen LogP contribution in [0.4, 0.5) is 0 Å². The third-order valence-corrected chi connectivity index (χ3v) is 3.59. The van der Waals surface area contributed by atoms with E-state index in [2.05, 4.69) is 27.9 Å². The zero-order valence-corrected chi connectivity index (χ0v) is 12.9. The minimum absolute atomic E-state index is 0.0126. The van der Waals surface area contributed by atoms with E-state index in [0.29, 0.717) is 13.1 Å². The van der Waals surface area contributed by atoms with Crippen molar-refractivity contribution in [2.45, 2.75) is 13.1 Å². The van der Waals surface area contributed by atoms with E-state index >= 15 is 0 Å². The van der Waals surface area contributed by atoms with Crippen LogP contribution < -0.4 is 11.1 Å². The minimum Gasteiger partial charge on any atom is -0.507 e. The van der Waals surface area contributed by atoms with Crippen LogP contribution >= 0.6 is 22.6 Å². The first-order valence-corrected chi connectivity index (χ1v) is 7.22. The van der Waals surface area contributed by atoms with Gasteiger partial charge in [-0.15, -0.1) is 0 Å². The van der Waals surface area contributed by atoms with Crippen molar-refractivity contribution < 1.29 is 9.90 Å². The van der Waals surface area contributed by atoms with E-state index in [9.17, 15) is 9.90 Å². The molecule has 0 unspecified atom stereocenters. The zero-order valence-electron chi connectivity index (χ0n) is 10.8. The molecule has 0 spiro atoms. The lowest BCUT2D eigenvalue weighted by molar-refractivity contribution is 0.0948. The van der Waals surface area contributed by atoms with E-state index in [-0.39, 0.29) is 17.2 Å². The van der Waals surface area contributed by atoms with E-state index in [1.54, 1.807) is 12.1 Å². The maximum absolute atomic E-state index is 12.0. The molecule has 2 aromatic rings. The van der Waals surface area contributed by atoms with Gasteiger partial charge >= 0.3 is 0 Å². The molecule has 0 atom stereocenters. The maximum Gasteiger partial charge on any atom is 0.255 e. The zero-order chi connectivity index (χ0) is 14.5. The summed E-state index contributed by atoms with van der Waals surface area (Å²) in [6.07, 6.45) is 0. The Morgan fingerprint density at radius 2 is 1.80 bits per heavy atom.